The number of primary amides is 1. The SMILES string of the molecule is NC(=O)C12Cc3ccc(NC(=O)CNN4CCCCC4)c(O)c3C(=O)C1=C(O)C1(O)C(=O)CC(O)CC1C2. The van der Waals surface area contributed by atoms with E-state index in [2.05, 4.69) is 10.7 Å². The highest BCUT2D eigenvalue weighted by molar-refractivity contribution is 6.19. The number of fused-ring (bicyclic) bond motifs is 3. The second-order valence-corrected chi connectivity index (χ2v) is 10.8. The van der Waals surface area contributed by atoms with E-state index in [1.54, 1.807) is 0 Å². The van der Waals surface area contributed by atoms with Gasteiger partial charge in [-0.25, -0.2) is 10.4 Å². The van der Waals surface area contributed by atoms with Crippen LogP contribution in [-0.4, -0.2) is 80.2 Å². The molecule has 204 valence electrons. The number of carbonyl (C=O) groups is 4. The summed E-state index contributed by atoms with van der Waals surface area (Å²) >= 11 is 0. The lowest BCUT2D eigenvalue weighted by atomic mass is 9.53. The van der Waals surface area contributed by atoms with Gasteiger partial charge in [-0.15, -0.1) is 0 Å². The van der Waals surface area contributed by atoms with Crippen LogP contribution in [0, 0.1) is 11.3 Å². The number of phenols is 1. The maximum Gasteiger partial charge on any atom is 0.239 e. The number of rotatable bonds is 5. The summed E-state index contributed by atoms with van der Waals surface area (Å²) in [5.74, 6) is -5.79. The van der Waals surface area contributed by atoms with Crippen LogP contribution in [0.2, 0.25) is 0 Å². The molecule has 4 aliphatic rings. The molecule has 1 saturated carbocycles. The van der Waals surface area contributed by atoms with Crippen LogP contribution in [0.3, 0.4) is 0 Å². The Kier molecular flexibility index (Phi) is 6.54. The van der Waals surface area contributed by atoms with Gasteiger partial charge in [-0.05, 0) is 43.7 Å². The molecule has 1 saturated heterocycles. The van der Waals surface area contributed by atoms with Gasteiger partial charge < -0.3 is 31.5 Å². The second-order valence-electron chi connectivity index (χ2n) is 10.8. The smallest absolute Gasteiger partial charge is 0.239 e. The van der Waals surface area contributed by atoms with Crippen molar-refractivity contribution in [2.75, 3.05) is 25.0 Å². The predicted octanol–water partition coefficient (Wildman–Crippen LogP) is -0.181. The van der Waals surface area contributed by atoms with Gasteiger partial charge in [0.15, 0.2) is 22.9 Å². The summed E-state index contributed by atoms with van der Waals surface area (Å²) in [6.45, 7) is 1.59. The number of nitrogens with one attached hydrogen (secondary N) is 2. The minimum atomic E-state index is -2.46. The molecule has 1 aliphatic heterocycles. The number of nitrogens with zero attached hydrogens (tertiary/aromatic N) is 1. The minimum Gasteiger partial charge on any atom is -0.508 e. The van der Waals surface area contributed by atoms with Crippen LogP contribution in [0.1, 0.15) is 54.4 Å². The summed E-state index contributed by atoms with van der Waals surface area (Å²) in [5.41, 5.74) is 4.02. The Hall–Kier alpha value is -3.32. The Bertz CT molecular complexity index is 1260. The third-order valence-corrected chi connectivity index (χ3v) is 8.44. The lowest BCUT2D eigenvalue weighted by Gasteiger charge is -2.51. The standard InChI is InChI=1S/C26H32N4O8/c27-24(37)25-10-13-4-5-16(29-18(33)12-28-30-6-2-1-3-7-30)21(34)19(13)22(35)20(25)23(36)26(38)14(11-25)8-15(31)9-17(26)32/h4-5,14-15,28,31,34,36,38H,1-3,6-12H2,(H2,27,37)(H,29,33). The van der Waals surface area contributed by atoms with Crippen molar-refractivity contribution in [3.63, 3.8) is 0 Å². The third kappa shape index (κ3) is 3.99. The second kappa shape index (κ2) is 9.45. The first-order chi connectivity index (χ1) is 18.0. The molecule has 1 aromatic carbocycles. The number of nitrogens with two attached hydrogens (primary N) is 1. The summed E-state index contributed by atoms with van der Waals surface area (Å²) in [5, 5.41) is 48.0. The van der Waals surface area contributed by atoms with Gasteiger partial charge in [-0.3, -0.25) is 19.2 Å². The van der Waals surface area contributed by atoms with E-state index in [9.17, 15) is 39.6 Å². The van der Waals surface area contributed by atoms with Crippen LogP contribution in [0.25, 0.3) is 0 Å². The van der Waals surface area contributed by atoms with Crippen molar-refractivity contribution in [2.24, 2.45) is 17.1 Å². The minimum absolute atomic E-state index is 0.0431. The van der Waals surface area contributed by atoms with Crippen LogP contribution in [0.15, 0.2) is 23.5 Å². The number of Topliss-reactive ketones (excluding diaryl/α,β-unsaturated/α-hetero) is 2. The number of anilines is 1. The summed E-state index contributed by atoms with van der Waals surface area (Å²) in [7, 11) is 0. The Morgan fingerprint density at radius 2 is 1.84 bits per heavy atom. The molecule has 1 heterocycles. The zero-order valence-corrected chi connectivity index (χ0v) is 20.8. The van der Waals surface area contributed by atoms with Crippen LogP contribution in [0.4, 0.5) is 5.69 Å². The number of hydrogen-bond acceptors (Lipinski definition) is 10. The van der Waals surface area contributed by atoms with Gasteiger partial charge in [0.1, 0.15) is 5.76 Å². The van der Waals surface area contributed by atoms with E-state index in [1.807, 2.05) is 5.01 Å². The van der Waals surface area contributed by atoms with Crippen molar-refractivity contribution in [2.45, 2.75) is 56.7 Å². The average molecular weight is 529 g/mol. The molecule has 2 amide bonds. The molecule has 2 fully saturated rings. The van der Waals surface area contributed by atoms with Crippen molar-refractivity contribution in [1.29, 1.82) is 0 Å². The number of hydrogen-bond donors (Lipinski definition) is 7. The van der Waals surface area contributed by atoms with Gasteiger partial charge in [0.05, 0.1) is 34.9 Å². The highest BCUT2D eigenvalue weighted by Gasteiger charge is 2.64. The number of hydrazine groups is 1. The molecule has 0 aromatic heterocycles. The molecule has 0 bridgehead atoms. The predicted molar refractivity (Wildman–Crippen MR) is 133 cm³/mol. The molecule has 1 aromatic rings. The van der Waals surface area contributed by atoms with Gasteiger partial charge >= 0.3 is 0 Å². The van der Waals surface area contributed by atoms with E-state index in [0.29, 0.717) is 0 Å². The normalized spacial score (nSPS) is 31.3. The van der Waals surface area contributed by atoms with E-state index in [-0.39, 0.29) is 42.6 Å². The fourth-order valence-electron chi connectivity index (χ4n) is 6.49. The Balaban J connectivity index is 1.49. The molecule has 38 heavy (non-hydrogen) atoms. The van der Waals surface area contributed by atoms with Crippen molar-refractivity contribution in [1.82, 2.24) is 10.4 Å². The molecule has 8 N–H and O–H groups in total. The van der Waals surface area contributed by atoms with E-state index in [1.165, 1.54) is 12.1 Å². The number of aromatic hydroxyl groups is 1. The number of carbonyl (C=O) groups excluding carboxylic acids is 4. The number of amides is 2. The largest absolute Gasteiger partial charge is 0.508 e. The van der Waals surface area contributed by atoms with Crippen LogP contribution in [-0.2, 0) is 20.8 Å². The van der Waals surface area contributed by atoms with Gasteiger partial charge in [-0.2, -0.15) is 0 Å². The molecular formula is C26H32N4O8. The Morgan fingerprint density at radius 1 is 1.13 bits per heavy atom. The van der Waals surface area contributed by atoms with Gasteiger partial charge in [0.2, 0.25) is 11.8 Å². The summed E-state index contributed by atoms with van der Waals surface area (Å²) in [6, 6.07) is 2.90. The molecule has 4 unspecified atom stereocenters. The molecule has 0 radical (unpaired) electrons. The number of phenolic OH excluding ortho intramolecular Hbond substituents is 1. The fourth-order valence-corrected chi connectivity index (χ4v) is 6.49. The zero-order chi connectivity index (χ0) is 27.4. The van der Waals surface area contributed by atoms with E-state index in [0.717, 1.165) is 32.4 Å². The van der Waals surface area contributed by atoms with Crippen LogP contribution in [0.5, 0.6) is 5.75 Å². The maximum atomic E-state index is 13.8. The Labute approximate surface area is 218 Å². The lowest BCUT2D eigenvalue weighted by molar-refractivity contribution is -0.159. The van der Waals surface area contributed by atoms with Gasteiger partial charge in [-0.1, -0.05) is 12.5 Å². The number of ketones is 2. The zero-order valence-electron chi connectivity index (χ0n) is 20.8. The summed E-state index contributed by atoms with van der Waals surface area (Å²) in [6.07, 6.45) is 1.20. The van der Waals surface area contributed by atoms with Crippen molar-refractivity contribution in [3.05, 3.63) is 34.6 Å². The van der Waals surface area contributed by atoms with E-state index in [4.69, 9.17) is 5.73 Å². The van der Waals surface area contributed by atoms with Crippen molar-refractivity contribution in [3.8, 4) is 5.75 Å². The first-order valence-corrected chi connectivity index (χ1v) is 12.8. The quantitative estimate of drug-likeness (QED) is 0.251. The lowest BCUT2D eigenvalue weighted by Crippen LogP contribution is -2.62. The van der Waals surface area contributed by atoms with E-state index < -0.39 is 69.9 Å². The first-order valence-electron chi connectivity index (χ1n) is 12.8. The topological polar surface area (TPSA) is 203 Å². The van der Waals surface area contributed by atoms with Crippen molar-refractivity contribution < 1.29 is 39.6 Å². The molecule has 3 aliphatic carbocycles. The summed E-state index contributed by atoms with van der Waals surface area (Å²) < 4.78 is 0. The highest BCUT2D eigenvalue weighted by Crippen LogP contribution is 2.56. The molecule has 4 atom stereocenters. The van der Waals surface area contributed by atoms with Crippen LogP contribution < -0.4 is 16.5 Å². The molecular weight excluding hydrogens is 496 g/mol. The van der Waals surface area contributed by atoms with Crippen LogP contribution >= 0.6 is 0 Å². The maximum absolute atomic E-state index is 13.8. The van der Waals surface area contributed by atoms with Crippen molar-refractivity contribution >= 4 is 29.1 Å². The molecule has 5 rings (SSSR count). The monoisotopic (exact) mass is 528 g/mol. The molecule has 12 nitrogen and oxygen atoms in total. The molecule has 12 heteroatoms. The van der Waals surface area contributed by atoms with E-state index >= 15 is 0 Å². The molecule has 0 spiro atoms. The third-order valence-electron chi connectivity index (χ3n) is 8.44. The first kappa shape index (κ1) is 26.3. The average Bonchev–Trinajstić information content (AvgIpc) is 2.87. The highest BCUT2D eigenvalue weighted by atomic mass is 16.3. The van der Waals surface area contributed by atoms with Gasteiger partial charge in [0, 0.05) is 25.4 Å². The number of benzene rings is 1. The number of aliphatic hydroxyl groups excluding tert-OH is 2. The number of piperidine rings is 1. The summed E-state index contributed by atoms with van der Waals surface area (Å²) in [4.78, 5) is 51.9. The Morgan fingerprint density at radius 3 is 2.53 bits per heavy atom. The van der Waals surface area contributed by atoms with Gasteiger partial charge in [0.25, 0.3) is 0 Å². The number of aliphatic hydroxyl groups is 3. The fraction of sp³-hybridized carbons (Fsp3) is 0.538.